The topological polar surface area (TPSA) is 63.7 Å². The highest BCUT2D eigenvalue weighted by Crippen LogP contribution is 2.14. The lowest BCUT2D eigenvalue weighted by atomic mass is 10.2. The highest BCUT2D eigenvalue weighted by atomic mass is 32.2. The predicted octanol–water partition coefficient (Wildman–Crippen LogP) is 1.98. The van der Waals surface area contributed by atoms with E-state index < -0.39 is 9.84 Å². The van der Waals surface area contributed by atoms with Gasteiger partial charge in [0, 0.05) is 24.4 Å². The minimum absolute atomic E-state index is 0.0250. The summed E-state index contributed by atoms with van der Waals surface area (Å²) >= 11 is 0. The van der Waals surface area contributed by atoms with Crippen LogP contribution >= 0.6 is 0 Å². The van der Waals surface area contributed by atoms with Gasteiger partial charge in [-0.3, -0.25) is 4.79 Å². The molecule has 1 atom stereocenters. The van der Waals surface area contributed by atoms with Crippen molar-refractivity contribution in [2.75, 3.05) is 25.2 Å². The monoisotopic (exact) mass is 313 g/mol. The summed E-state index contributed by atoms with van der Waals surface area (Å²) in [5, 5.41) is 0. The molecule has 0 saturated heterocycles. The molecule has 0 aromatic heterocycles. The van der Waals surface area contributed by atoms with Crippen LogP contribution in [0.15, 0.2) is 24.3 Å². The van der Waals surface area contributed by atoms with Crippen LogP contribution in [0.1, 0.15) is 31.1 Å². The fourth-order valence-electron chi connectivity index (χ4n) is 1.86. The number of carbonyl (C=O) groups is 1. The first-order chi connectivity index (χ1) is 9.80. The maximum Gasteiger partial charge on any atom is 0.253 e. The van der Waals surface area contributed by atoms with Crippen LogP contribution in [-0.4, -0.2) is 50.4 Å². The molecule has 0 saturated carbocycles. The zero-order valence-corrected chi connectivity index (χ0v) is 13.8. The number of hydrogen-bond donors (Lipinski definition) is 0. The van der Waals surface area contributed by atoms with Crippen LogP contribution in [0.5, 0.6) is 5.75 Å². The SMILES string of the molecule is CCOc1ccc(C(=O)N(C)[C@@H](C)CS(=O)(=O)CC)cc1. The summed E-state index contributed by atoms with van der Waals surface area (Å²) in [6.45, 7) is 5.80. The number of hydrogen-bond acceptors (Lipinski definition) is 4. The standard InChI is InChI=1S/C15H23NO4S/c1-5-20-14-9-7-13(8-10-14)15(17)16(4)12(3)11-21(18,19)6-2/h7-10,12H,5-6,11H2,1-4H3/t12-/m0/s1. The minimum Gasteiger partial charge on any atom is -0.494 e. The number of amides is 1. The Labute approximate surface area is 126 Å². The fraction of sp³-hybridized carbons (Fsp3) is 0.533. The zero-order chi connectivity index (χ0) is 16.0. The second-order valence-corrected chi connectivity index (χ2v) is 7.32. The molecule has 0 aliphatic rings. The third-order valence-electron chi connectivity index (χ3n) is 3.33. The normalized spacial score (nSPS) is 12.8. The van der Waals surface area contributed by atoms with Gasteiger partial charge in [-0.25, -0.2) is 8.42 Å². The third kappa shape index (κ3) is 5.04. The number of carbonyl (C=O) groups excluding carboxylic acids is 1. The summed E-state index contributed by atoms with van der Waals surface area (Å²) < 4.78 is 28.6. The fourth-order valence-corrected chi connectivity index (χ4v) is 3.06. The number of sulfone groups is 1. The molecular weight excluding hydrogens is 290 g/mol. The molecule has 0 bridgehead atoms. The molecule has 1 aromatic carbocycles. The largest absolute Gasteiger partial charge is 0.494 e. The highest BCUT2D eigenvalue weighted by molar-refractivity contribution is 7.91. The maximum absolute atomic E-state index is 12.3. The van der Waals surface area contributed by atoms with E-state index in [0.29, 0.717) is 17.9 Å². The van der Waals surface area contributed by atoms with Crippen molar-refractivity contribution in [3.05, 3.63) is 29.8 Å². The van der Waals surface area contributed by atoms with Crippen LogP contribution in [0, 0.1) is 0 Å². The average molecular weight is 313 g/mol. The van der Waals surface area contributed by atoms with Gasteiger partial charge in [-0.15, -0.1) is 0 Å². The lowest BCUT2D eigenvalue weighted by Crippen LogP contribution is -2.39. The number of rotatable bonds is 7. The highest BCUT2D eigenvalue weighted by Gasteiger charge is 2.22. The molecule has 0 heterocycles. The molecule has 0 N–H and O–H groups in total. The summed E-state index contributed by atoms with van der Waals surface area (Å²) in [5.74, 6) is 0.570. The van der Waals surface area contributed by atoms with Crippen LogP contribution in [0.25, 0.3) is 0 Å². The van der Waals surface area contributed by atoms with Gasteiger partial charge in [-0.2, -0.15) is 0 Å². The van der Waals surface area contributed by atoms with Crippen LogP contribution in [0.2, 0.25) is 0 Å². The molecule has 0 fully saturated rings. The first-order valence-corrected chi connectivity index (χ1v) is 8.83. The Morgan fingerprint density at radius 1 is 1.24 bits per heavy atom. The van der Waals surface area contributed by atoms with E-state index in [2.05, 4.69) is 0 Å². The Morgan fingerprint density at radius 3 is 2.29 bits per heavy atom. The average Bonchev–Trinajstić information content (AvgIpc) is 2.46. The van der Waals surface area contributed by atoms with Crippen molar-refractivity contribution in [2.24, 2.45) is 0 Å². The van der Waals surface area contributed by atoms with Gasteiger partial charge in [-0.05, 0) is 38.1 Å². The smallest absolute Gasteiger partial charge is 0.253 e. The number of nitrogens with zero attached hydrogens (tertiary/aromatic N) is 1. The van der Waals surface area contributed by atoms with E-state index >= 15 is 0 Å². The quantitative estimate of drug-likeness (QED) is 0.772. The minimum atomic E-state index is -3.11. The van der Waals surface area contributed by atoms with E-state index in [4.69, 9.17) is 4.74 Å². The van der Waals surface area contributed by atoms with Crippen molar-refractivity contribution in [1.82, 2.24) is 4.90 Å². The molecule has 0 spiro atoms. The van der Waals surface area contributed by atoms with Crippen molar-refractivity contribution in [3.63, 3.8) is 0 Å². The van der Waals surface area contributed by atoms with E-state index in [9.17, 15) is 13.2 Å². The molecule has 0 unspecified atom stereocenters. The first kappa shape index (κ1) is 17.5. The summed E-state index contributed by atoms with van der Waals surface area (Å²) in [4.78, 5) is 13.8. The Kier molecular flexibility index (Phi) is 6.20. The molecule has 5 nitrogen and oxygen atoms in total. The van der Waals surface area contributed by atoms with Gasteiger partial charge >= 0.3 is 0 Å². The Balaban J connectivity index is 2.77. The molecule has 1 amide bonds. The van der Waals surface area contributed by atoms with Crippen LogP contribution in [-0.2, 0) is 9.84 Å². The van der Waals surface area contributed by atoms with E-state index in [1.54, 1.807) is 45.2 Å². The zero-order valence-electron chi connectivity index (χ0n) is 13.0. The Morgan fingerprint density at radius 2 is 1.81 bits per heavy atom. The van der Waals surface area contributed by atoms with E-state index in [0.717, 1.165) is 0 Å². The van der Waals surface area contributed by atoms with Crippen molar-refractivity contribution < 1.29 is 17.9 Å². The van der Waals surface area contributed by atoms with Crippen LogP contribution in [0.3, 0.4) is 0 Å². The van der Waals surface area contributed by atoms with Crippen LogP contribution < -0.4 is 4.74 Å². The number of benzene rings is 1. The first-order valence-electron chi connectivity index (χ1n) is 7.01. The lowest BCUT2D eigenvalue weighted by molar-refractivity contribution is 0.0757. The van der Waals surface area contributed by atoms with Gasteiger partial charge in [0.1, 0.15) is 5.75 Å². The summed E-state index contributed by atoms with van der Waals surface area (Å²) in [7, 11) is -1.49. The van der Waals surface area contributed by atoms with Gasteiger partial charge < -0.3 is 9.64 Å². The summed E-state index contributed by atoms with van der Waals surface area (Å²) in [6, 6.07) is 6.47. The molecule has 0 aliphatic heterocycles. The van der Waals surface area contributed by atoms with E-state index in [1.807, 2.05) is 6.92 Å². The lowest BCUT2D eigenvalue weighted by Gasteiger charge is -2.24. The van der Waals surface area contributed by atoms with Crippen molar-refractivity contribution in [1.29, 1.82) is 0 Å². The molecule has 0 aliphatic carbocycles. The van der Waals surface area contributed by atoms with Gasteiger partial charge in [0.05, 0.1) is 12.4 Å². The third-order valence-corrected chi connectivity index (χ3v) is 5.20. The van der Waals surface area contributed by atoms with E-state index in [-0.39, 0.29) is 23.5 Å². The molecule has 21 heavy (non-hydrogen) atoms. The summed E-state index contributed by atoms with van der Waals surface area (Å²) in [5.41, 5.74) is 0.515. The van der Waals surface area contributed by atoms with Crippen molar-refractivity contribution >= 4 is 15.7 Å². The Bertz CT molecular complexity index is 566. The van der Waals surface area contributed by atoms with E-state index in [1.165, 1.54) is 4.90 Å². The molecule has 6 heteroatoms. The second kappa shape index (κ2) is 7.45. The molecular formula is C15H23NO4S. The molecule has 118 valence electrons. The molecule has 0 radical (unpaired) electrons. The van der Waals surface area contributed by atoms with Gasteiger partial charge in [-0.1, -0.05) is 6.92 Å². The molecule has 1 aromatic rings. The Hall–Kier alpha value is -1.56. The van der Waals surface area contributed by atoms with Crippen molar-refractivity contribution in [3.8, 4) is 5.75 Å². The van der Waals surface area contributed by atoms with Crippen LogP contribution in [0.4, 0.5) is 0 Å². The predicted molar refractivity (Wildman–Crippen MR) is 83.5 cm³/mol. The maximum atomic E-state index is 12.3. The number of ether oxygens (including phenoxy) is 1. The second-order valence-electron chi connectivity index (χ2n) is 4.92. The molecule has 1 rings (SSSR count). The van der Waals surface area contributed by atoms with Gasteiger partial charge in [0.25, 0.3) is 5.91 Å². The van der Waals surface area contributed by atoms with Crippen molar-refractivity contribution in [2.45, 2.75) is 26.8 Å². The summed E-state index contributed by atoms with van der Waals surface area (Å²) in [6.07, 6.45) is 0. The van der Waals surface area contributed by atoms with Gasteiger partial charge in [0.15, 0.2) is 9.84 Å². The van der Waals surface area contributed by atoms with Gasteiger partial charge in [0.2, 0.25) is 0 Å².